The average Bonchev–Trinajstić information content (AvgIpc) is 3.29. The van der Waals surface area contributed by atoms with Gasteiger partial charge < -0.3 is 19.6 Å². The van der Waals surface area contributed by atoms with Crippen LogP contribution in [0, 0.1) is 23.7 Å². The van der Waals surface area contributed by atoms with Gasteiger partial charge in [-0.2, -0.15) is 0 Å². The predicted molar refractivity (Wildman–Crippen MR) is 97.2 cm³/mol. The number of rotatable bonds is 4. The number of fused-ring (bicyclic) bond motifs is 2. The maximum absolute atomic E-state index is 13.1. The standard InChI is InChI=1S/C20H26N2O4/c1-26-16-5-3-2-4-15(16)21-8-10-22(11-9-21)19(23)17-13-6-7-14(12-13)18(17)20(24)25/h2-5,13-14,17-18H,6-12H2,1H3,(H,24,25)/t13-,14-,17-,18+/m0/s1. The number of carboxylic acid groups (broad SMARTS) is 1. The van der Waals surface area contributed by atoms with Crippen LogP contribution >= 0.6 is 0 Å². The highest BCUT2D eigenvalue weighted by Gasteiger charge is 2.54. The Morgan fingerprint density at radius 3 is 2.35 bits per heavy atom. The molecule has 1 aromatic carbocycles. The zero-order valence-electron chi connectivity index (χ0n) is 15.1. The molecule has 1 aromatic rings. The zero-order valence-corrected chi connectivity index (χ0v) is 15.1. The number of carboxylic acids is 1. The molecule has 6 nitrogen and oxygen atoms in total. The first-order valence-corrected chi connectivity index (χ1v) is 9.49. The van der Waals surface area contributed by atoms with Crippen molar-refractivity contribution in [3.63, 3.8) is 0 Å². The molecule has 1 N–H and O–H groups in total. The van der Waals surface area contributed by atoms with Crippen LogP contribution in [0.4, 0.5) is 5.69 Å². The van der Waals surface area contributed by atoms with Crippen molar-refractivity contribution in [1.29, 1.82) is 0 Å². The molecule has 2 bridgehead atoms. The van der Waals surface area contributed by atoms with Gasteiger partial charge in [0.25, 0.3) is 0 Å². The van der Waals surface area contributed by atoms with Gasteiger partial charge in [-0.1, -0.05) is 12.1 Å². The zero-order chi connectivity index (χ0) is 18.3. The Morgan fingerprint density at radius 1 is 1.04 bits per heavy atom. The predicted octanol–water partition coefficient (Wildman–Crippen LogP) is 2.09. The van der Waals surface area contributed by atoms with E-state index in [4.69, 9.17) is 4.74 Å². The first kappa shape index (κ1) is 17.2. The Labute approximate surface area is 153 Å². The largest absolute Gasteiger partial charge is 0.495 e. The summed E-state index contributed by atoms with van der Waals surface area (Å²) in [5.41, 5.74) is 1.05. The Hall–Kier alpha value is -2.24. The lowest BCUT2D eigenvalue weighted by atomic mass is 9.78. The summed E-state index contributed by atoms with van der Waals surface area (Å²) in [5, 5.41) is 9.61. The summed E-state index contributed by atoms with van der Waals surface area (Å²) < 4.78 is 5.44. The number of aliphatic carboxylic acids is 1. The van der Waals surface area contributed by atoms with Crippen molar-refractivity contribution in [2.75, 3.05) is 38.2 Å². The molecule has 1 saturated heterocycles. The van der Waals surface area contributed by atoms with Crippen molar-refractivity contribution in [3.8, 4) is 5.75 Å². The Morgan fingerprint density at radius 2 is 1.69 bits per heavy atom. The Bertz CT molecular complexity index is 699. The molecule has 26 heavy (non-hydrogen) atoms. The molecule has 1 heterocycles. The van der Waals surface area contributed by atoms with E-state index in [1.807, 2.05) is 29.2 Å². The van der Waals surface area contributed by atoms with E-state index >= 15 is 0 Å². The van der Waals surface area contributed by atoms with E-state index < -0.39 is 11.9 Å². The van der Waals surface area contributed by atoms with Crippen LogP contribution in [0.25, 0.3) is 0 Å². The molecule has 1 aliphatic heterocycles. The molecular formula is C20H26N2O4. The number of benzene rings is 1. The van der Waals surface area contributed by atoms with Crippen molar-refractivity contribution in [2.24, 2.45) is 23.7 Å². The molecule has 4 atom stereocenters. The first-order chi connectivity index (χ1) is 12.6. The highest BCUT2D eigenvalue weighted by Crippen LogP contribution is 2.53. The number of methoxy groups -OCH3 is 1. The Balaban J connectivity index is 1.43. The molecule has 0 unspecified atom stereocenters. The lowest BCUT2D eigenvalue weighted by Crippen LogP contribution is -2.52. The molecule has 2 saturated carbocycles. The van der Waals surface area contributed by atoms with E-state index in [9.17, 15) is 14.7 Å². The molecule has 140 valence electrons. The van der Waals surface area contributed by atoms with Gasteiger partial charge in [-0.05, 0) is 43.2 Å². The average molecular weight is 358 g/mol. The number of anilines is 1. The van der Waals surface area contributed by atoms with Crippen LogP contribution in [0.2, 0.25) is 0 Å². The highest BCUT2D eigenvalue weighted by atomic mass is 16.5. The maximum Gasteiger partial charge on any atom is 0.307 e. The summed E-state index contributed by atoms with van der Waals surface area (Å²) in [6.07, 6.45) is 2.88. The second kappa shape index (κ2) is 6.82. The minimum Gasteiger partial charge on any atom is -0.495 e. The molecule has 0 aromatic heterocycles. The number of carbonyl (C=O) groups is 2. The van der Waals surface area contributed by atoms with Crippen LogP contribution < -0.4 is 9.64 Å². The number of carbonyl (C=O) groups excluding carboxylic acids is 1. The maximum atomic E-state index is 13.1. The molecular weight excluding hydrogens is 332 g/mol. The first-order valence-electron chi connectivity index (χ1n) is 9.49. The number of hydrogen-bond acceptors (Lipinski definition) is 4. The van der Waals surface area contributed by atoms with Gasteiger partial charge in [-0.3, -0.25) is 9.59 Å². The van der Waals surface area contributed by atoms with Gasteiger partial charge in [-0.15, -0.1) is 0 Å². The van der Waals surface area contributed by atoms with E-state index in [-0.39, 0.29) is 23.7 Å². The van der Waals surface area contributed by atoms with E-state index in [0.717, 1.165) is 43.8 Å². The SMILES string of the molecule is COc1ccccc1N1CCN(C(=O)[C@H]2[C@H]3CC[C@@H](C3)[C@H]2C(=O)O)CC1. The molecule has 0 radical (unpaired) electrons. The third kappa shape index (κ3) is 2.81. The fourth-order valence-corrected chi connectivity index (χ4v) is 5.27. The number of ether oxygens (including phenoxy) is 1. The van der Waals surface area contributed by atoms with Gasteiger partial charge in [0.2, 0.25) is 5.91 Å². The van der Waals surface area contributed by atoms with Gasteiger partial charge in [0.05, 0.1) is 24.6 Å². The monoisotopic (exact) mass is 358 g/mol. The summed E-state index contributed by atoms with van der Waals surface area (Å²) in [6.45, 7) is 2.75. The van der Waals surface area contributed by atoms with Gasteiger partial charge in [0, 0.05) is 26.2 Å². The number of piperazine rings is 1. The molecule has 2 aliphatic carbocycles. The van der Waals surface area contributed by atoms with Crippen molar-refractivity contribution in [3.05, 3.63) is 24.3 Å². The lowest BCUT2D eigenvalue weighted by molar-refractivity contribution is -0.153. The van der Waals surface area contributed by atoms with Crippen LogP contribution in [-0.4, -0.2) is 55.2 Å². The summed E-state index contributed by atoms with van der Waals surface area (Å²) in [4.78, 5) is 28.9. The summed E-state index contributed by atoms with van der Waals surface area (Å²) in [5.74, 6) is -0.224. The summed E-state index contributed by atoms with van der Waals surface area (Å²) >= 11 is 0. The van der Waals surface area contributed by atoms with Crippen LogP contribution in [-0.2, 0) is 9.59 Å². The molecule has 0 spiro atoms. The van der Waals surface area contributed by atoms with Crippen molar-refractivity contribution in [2.45, 2.75) is 19.3 Å². The van der Waals surface area contributed by atoms with Crippen LogP contribution in [0.15, 0.2) is 24.3 Å². The van der Waals surface area contributed by atoms with Gasteiger partial charge in [-0.25, -0.2) is 0 Å². The number of para-hydroxylation sites is 2. The fraction of sp³-hybridized carbons (Fsp3) is 0.600. The van der Waals surface area contributed by atoms with E-state index in [1.54, 1.807) is 7.11 Å². The van der Waals surface area contributed by atoms with Crippen LogP contribution in [0.3, 0.4) is 0 Å². The third-order valence-electron chi connectivity index (χ3n) is 6.50. The van der Waals surface area contributed by atoms with Gasteiger partial charge in [0.15, 0.2) is 0 Å². The third-order valence-corrected chi connectivity index (χ3v) is 6.50. The quantitative estimate of drug-likeness (QED) is 0.892. The fourth-order valence-electron chi connectivity index (χ4n) is 5.27. The summed E-state index contributed by atoms with van der Waals surface area (Å²) in [7, 11) is 1.67. The second-order valence-corrected chi connectivity index (χ2v) is 7.71. The van der Waals surface area contributed by atoms with E-state index in [1.165, 1.54) is 0 Å². The lowest BCUT2D eigenvalue weighted by Gasteiger charge is -2.39. The van der Waals surface area contributed by atoms with Crippen LogP contribution in [0.1, 0.15) is 19.3 Å². The normalized spacial score (nSPS) is 30.5. The minimum atomic E-state index is -0.789. The smallest absolute Gasteiger partial charge is 0.307 e. The molecule has 1 amide bonds. The van der Waals surface area contributed by atoms with E-state index in [0.29, 0.717) is 13.1 Å². The van der Waals surface area contributed by atoms with Gasteiger partial charge in [0.1, 0.15) is 5.75 Å². The van der Waals surface area contributed by atoms with Gasteiger partial charge >= 0.3 is 5.97 Å². The molecule has 3 fully saturated rings. The van der Waals surface area contributed by atoms with Crippen molar-refractivity contribution in [1.82, 2.24) is 4.90 Å². The minimum absolute atomic E-state index is 0.0595. The van der Waals surface area contributed by atoms with Crippen molar-refractivity contribution < 1.29 is 19.4 Å². The number of amides is 1. The Kier molecular flexibility index (Phi) is 4.51. The highest BCUT2D eigenvalue weighted by molar-refractivity contribution is 5.86. The molecule has 4 rings (SSSR count). The number of hydrogen-bond donors (Lipinski definition) is 1. The number of nitrogens with zero attached hydrogens (tertiary/aromatic N) is 2. The summed E-state index contributed by atoms with van der Waals surface area (Å²) in [6, 6.07) is 7.91. The second-order valence-electron chi connectivity index (χ2n) is 7.71. The topological polar surface area (TPSA) is 70.1 Å². The van der Waals surface area contributed by atoms with Crippen molar-refractivity contribution >= 4 is 17.6 Å². The van der Waals surface area contributed by atoms with E-state index in [2.05, 4.69) is 4.90 Å². The molecule has 3 aliphatic rings. The van der Waals surface area contributed by atoms with Crippen LogP contribution in [0.5, 0.6) is 5.75 Å². The molecule has 6 heteroatoms.